The molecule has 0 heterocycles. The number of Topliss-reactive ketones (excluding diaryl/α,β-unsaturated/α-hetero) is 1. The first-order valence-electron chi connectivity index (χ1n) is 3.60. The zero-order valence-corrected chi connectivity index (χ0v) is 7.03. The number of hydrogen-bond acceptors (Lipinski definition) is 4. The van der Waals surface area contributed by atoms with E-state index < -0.39 is 0 Å². The molecule has 1 aromatic carbocycles. The molecule has 0 bridgehead atoms. The van der Waals surface area contributed by atoms with E-state index >= 15 is 0 Å². The van der Waals surface area contributed by atoms with Gasteiger partial charge in [0, 0.05) is 5.56 Å². The minimum absolute atomic E-state index is 0.0625. The Labute approximate surface area is 75.2 Å². The van der Waals surface area contributed by atoms with Gasteiger partial charge >= 0.3 is 0 Å². The number of rotatable bonds is 1. The average molecular weight is 176 g/mol. The molecule has 0 aliphatic heterocycles. The number of phenolic OH excluding ortho intramolecular Hbond substituents is 1. The zero-order chi connectivity index (χ0) is 10.0. The molecule has 0 saturated carbocycles. The lowest BCUT2D eigenvalue weighted by atomic mass is 10.0. The van der Waals surface area contributed by atoms with Gasteiger partial charge in [-0.3, -0.25) is 4.79 Å². The molecule has 0 amide bonds. The summed E-state index contributed by atoms with van der Waals surface area (Å²) in [4.78, 5) is 11.0. The third-order valence-electron chi connectivity index (χ3n) is 1.70. The number of carbonyl (C=O) groups excluding carboxylic acids is 1. The largest absolute Gasteiger partial charge is 0.504 e. The molecule has 0 aliphatic rings. The molecule has 4 heteroatoms. The first kappa shape index (κ1) is 9.07. The molecule has 0 atom stereocenters. The van der Waals surface area contributed by atoms with E-state index in [1.54, 1.807) is 6.07 Å². The number of nitriles is 1. The Bertz CT molecular complexity index is 405. The Kier molecular flexibility index (Phi) is 2.20. The number of carbonyl (C=O) groups is 1. The zero-order valence-electron chi connectivity index (χ0n) is 7.03. The van der Waals surface area contributed by atoms with Crippen molar-refractivity contribution in [3.63, 3.8) is 0 Å². The van der Waals surface area contributed by atoms with E-state index in [1.165, 1.54) is 19.1 Å². The summed E-state index contributed by atoms with van der Waals surface area (Å²) in [6.45, 7) is 1.33. The van der Waals surface area contributed by atoms with Gasteiger partial charge in [-0.05, 0) is 19.1 Å². The minimum atomic E-state index is -0.324. The fourth-order valence-corrected chi connectivity index (χ4v) is 1.01. The van der Waals surface area contributed by atoms with Crippen LogP contribution in [0, 0.1) is 11.3 Å². The maximum absolute atomic E-state index is 11.0. The van der Waals surface area contributed by atoms with Crippen LogP contribution in [0.15, 0.2) is 12.1 Å². The van der Waals surface area contributed by atoms with Crippen molar-refractivity contribution in [1.29, 1.82) is 5.26 Å². The number of anilines is 1. The van der Waals surface area contributed by atoms with E-state index in [4.69, 9.17) is 11.0 Å². The van der Waals surface area contributed by atoms with Crippen LogP contribution in [0.4, 0.5) is 5.69 Å². The second kappa shape index (κ2) is 3.15. The molecule has 13 heavy (non-hydrogen) atoms. The van der Waals surface area contributed by atoms with Crippen LogP contribution in [-0.2, 0) is 0 Å². The van der Waals surface area contributed by atoms with Gasteiger partial charge in [0.1, 0.15) is 11.6 Å². The van der Waals surface area contributed by atoms with Crippen molar-refractivity contribution in [2.45, 2.75) is 6.92 Å². The number of nitrogens with two attached hydrogens (primary N) is 1. The molecular formula is C9H8N2O2. The van der Waals surface area contributed by atoms with Crippen molar-refractivity contribution in [2.24, 2.45) is 0 Å². The molecule has 66 valence electrons. The van der Waals surface area contributed by atoms with Gasteiger partial charge in [0.15, 0.2) is 11.5 Å². The van der Waals surface area contributed by atoms with Gasteiger partial charge in [0.05, 0.1) is 5.69 Å². The summed E-state index contributed by atoms with van der Waals surface area (Å²) in [5.74, 6) is -0.595. The summed E-state index contributed by atoms with van der Waals surface area (Å²) in [6, 6.07) is 4.56. The highest BCUT2D eigenvalue weighted by atomic mass is 16.3. The van der Waals surface area contributed by atoms with Gasteiger partial charge in [0.25, 0.3) is 0 Å². The summed E-state index contributed by atoms with van der Waals surface area (Å²) in [5, 5.41) is 18.0. The highest BCUT2D eigenvalue weighted by Crippen LogP contribution is 2.27. The lowest BCUT2D eigenvalue weighted by molar-refractivity contribution is 0.101. The van der Waals surface area contributed by atoms with Gasteiger partial charge in [-0.15, -0.1) is 0 Å². The summed E-state index contributed by atoms with van der Waals surface area (Å²) >= 11 is 0. The van der Waals surface area contributed by atoms with Crippen molar-refractivity contribution < 1.29 is 9.90 Å². The van der Waals surface area contributed by atoms with Gasteiger partial charge < -0.3 is 10.8 Å². The van der Waals surface area contributed by atoms with Crippen LogP contribution in [0.25, 0.3) is 0 Å². The average Bonchev–Trinajstić information content (AvgIpc) is 2.09. The SMILES string of the molecule is CC(=O)c1ccc(N)c(O)c1C#N. The number of hydrogen-bond donors (Lipinski definition) is 2. The van der Waals surface area contributed by atoms with Crippen LogP contribution < -0.4 is 5.73 Å². The van der Waals surface area contributed by atoms with Crippen LogP contribution in [0.2, 0.25) is 0 Å². The van der Waals surface area contributed by atoms with Crippen molar-refractivity contribution >= 4 is 11.5 Å². The van der Waals surface area contributed by atoms with Gasteiger partial charge in [-0.25, -0.2) is 0 Å². The highest BCUT2D eigenvalue weighted by molar-refractivity contribution is 5.98. The number of nitrogen functional groups attached to an aromatic ring is 1. The monoisotopic (exact) mass is 176 g/mol. The molecule has 0 fully saturated rings. The Morgan fingerprint density at radius 2 is 2.23 bits per heavy atom. The Morgan fingerprint density at radius 1 is 1.62 bits per heavy atom. The second-order valence-corrected chi connectivity index (χ2v) is 2.59. The fourth-order valence-electron chi connectivity index (χ4n) is 1.01. The lowest BCUT2D eigenvalue weighted by Gasteiger charge is -2.03. The lowest BCUT2D eigenvalue weighted by Crippen LogP contribution is -1.99. The minimum Gasteiger partial charge on any atom is -0.504 e. The number of phenols is 1. The van der Waals surface area contributed by atoms with Crippen LogP contribution >= 0.6 is 0 Å². The topological polar surface area (TPSA) is 87.1 Å². The predicted octanol–water partition coefficient (Wildman–Crippen LogP) is 1.05. The summed E-state index contributed by atoms with van der Waals surface area (Å²) < 4.78 is 0. The van der Waals surface area contributed by atoms with Crippen molar-refractivity contribution in [3.05, 3.63) is 23.3 Å². The van der Waals surface area contributed by atoms with E-state index in [9.17, 15) is 9.90 Å². The molecular weight excluding hydrogens is 168 g/mol. The molecule has 1 rings (SSSR count). The fraction of sp³-hybridized carbons (Fsp3) is 0.111. The van der Waals surface area contributed by atoms with Crippen LogP contribution in [0.5, 0.6) is 5.75 Å². The van der Waals surface area contributed by atoms with Crippen molar-refractivity contribution in [1.82, 2.24) is 0 Å². The third kappa shape index (κ3) is 1.44. The maximum atomic E-state index is 11.0. The van der Waals surface area contributed by atoms with Gasteiger partial charge in [0.2, 0.25) is 0 Å². The predicted molar refractivity (Wildman–Crippen MR) is 47.2 cm³/mol. The van der Waals surface area contributed by atoms with E-state index in [-0.39, 0.29) is 28.3 Å². The van der Waals surface area contributed by atoms with Gasteiger partial charge in [-0.2, -0.15) is 5.26 Å². The summed E-state index contributed by atoms with van der Waals surface area (Å²) in [6.07, 6.45) is 0. The molecule has 4 nitrogen and oxygen atoms in total. The second-order valence-electron chi connectivity index (χ2n) is 2.59. The first-order chi connectivity index (χ1) is 6.07. The van der Waals surface area contributed by atoms with E-state index in [1.807, 2.05) is 0 Å². The number of ketones is 1. The number of benzene rings is 1. The van der Waals surface area contributed by atoms with Crippen LogP contribution in [-0.4, -0.2) is 10.9 Å². The summed E-state index contributed by atoms with van der Waals surface area (Å²) in [5.41, 5.74) is 5.58. The Balaban J connectivity index is 3.50. The number of nitrogens with zero attached hydrogens (tertiary/aromatic N) is 1. The Hall–Kier alpha value is -2.02. The summed E-state index contributed by atoms with van der Waals surface area (Å²) in [7, 11) is 0. The normalized spacial score (nSPS) is 9.23. The molecule has 0 radical (unpaired) electrons. The van der Waals surface area contributed by atoms with E-state index in [2.05, 4.69) is 0 Å². The number of aromatic hydroxyl groups is 1. The molecule has 1 aromatic rings. The molecule has 0 aromatic heterocycles. The smallest absolute Gasteiger partial charge is 0.161 e. The first-order valence-corrected chi connectivity index (χ1v) is 3.60. The highest BCUT2D eigenvalue weighted by Gasteiger charge is 2.13. The molecule has 3 N–H and O–H groups in total. The van der Waals surface area contributed by atoms with Crippen LogP contribution in [0.1, 0.15) is 22.8 Å². The van der Waals surface area contributed by atoms with E-state index in [0.29, 0.717) is 0 Å². The standard InChI is InChI=1S/C9H8N2O2/c1-5(12)6-2-3-8(11)9(13)7(6)4-10/h2-3,13H,11H2,1H3. The van der Waals surface area contributed by atoms with Crippen molar-refractivity contribution in [2.75, 3.05) is 5.73 Å². The molecule has 0 saturated heterocycles. The molecule has 0 unspecified atom stereocenters. The van der Waals surface area contributed by atoms with E-state index in [0.717, 1.165) is 0 Å². The van der Waals surface area contributed by atoms with Gasteiger partial charge in [-0.1, -0.05) is 0 Å². The van der Waals surface area contributed by atoms with Crippen molar-refractivity contribution in [3.8, 4) is 11.8 Å². The third-order valence-corrected chi connectivity index (χ3v) is 1.70. The molecule has 0 spiro atoms. The Morgan fingerprint density at radius 3 is 2.69 bits per heavy atom. The van der Waals surface area contributed by atoms with Crippen LogP contribution in [0.3, 0.4) is 0 Å². The molecule has 0 aliphatic carbocycles. The maximum Gasteiger partial charge on any atom is 0.161 e. The quantitative estimate of drug-likeness (QED) is 0.380.